The van der Waals surface area contributed by atoms with Crippen LogP contribution in [0, 0.1) is 11.3 Å². The predicted molar refractivity (Wildman–Crippen MR) is 232 cm³/mol. The van der Waals surface area contributed by atoms with Crippen LogP contribution < -0.4 is 15.5 Å². The van der Waals surface area contributed by atoms with Gasteiger partial charge in [0, 0.05) is 55.6 Å². The topological polar surface area (TPSA) is 255 Å². The molecule has 0 saturated heterocycles. The molecule has 1 aromatic heterocycles. The summed E-state index contributed by atoms with van der Waals surface area (Å²) in [6.45, 7) is 7.79. The fraction of sp³-hybridized carbons (Fsp3) is 0.385. The number of carbonyl (C=O) groups is 2. The third kappa shape index (κ3) is 15.2. The van der Waals surface area contributed by atoms with E-state index in [1.54, 1.807) is 48.5 Å². The van der Waals surface area contributed by atoms with Crippen molar-refractivity contribution in [2.45, 2.75) is 46.0 Å². The number of aromatic nitrogens is 2. The van der Waals surface area contributed by atoms with Crippen LogP contribution in [-0.2, 0) is 39.9 Å². The van der Waals surface area contributed by atoms with Gasteiger partial charge < -0.3 is 25.0 Å². The number of benzene rings is 3. The van der Waals surface area contributed by atoms with Gasteiger partial charge in [-0.15, -0.1) is 10.2 Å². The standard InChI is InChI=1S/C39H46Cl2N8O10S2/c1-26(50)43-34-24-29(48(14-18-58-16-8-20-60(52,53)54)15-19-59-17-9-21-61(55,56)57)12-13-33(34)45-46-37-30(25-42)36(39(2,3)4)47-49(37)35-31(40)22-28(23-32(35)41)44-38(51)27-10-6-5-7-11-27/h5-7,10-13,22-24H,8-9,14-21H2,1-4H3,(H,43,50)(H,44,51)(H,52,53,54)(H,55,56,57)/b46-45+. The first-order chi connectivity index (χ1) is 28.7. The molecule has 0 fully saturated rings. The van der Waals surface area contributed by atoms with Crippen molar-refractivity contribution in [2.75, 3.05) is 66.6 Å². The second-order valence-electron chi connectivity index (χ2n) is 14.5. The van der Waals surface area contributed by atoms with Crippen molar-refractivity contribution in [3.63, 3.8) is 0 Å². The Hall–Kier alpha value is -4.98. The largest absolute Gasteiger partial charge is 0.380 e. The van der Waals surface area contributed by atoms with Crippen LogP contribution in [0.2, 0.25) is 10.0 Å². The molecule has 4 aromatic rings. The number of azo groups is 1. The maximum atomic E-state index is 12.9. The first-order valence-corrected chi connectivity index (χ1v) is 22.7. The summed E-state index contributed by atoms with van der Waals surface area (Å²) in [5.74, 6) is -1.75. The minimum absolute atomic E-state index is 0.0194. The maximum absolute atomic E-state index is 12.9. The molecule has 4 rings (SSSR count). The van der Waals surface area contributed by atoms with Gasteiger partial charge in [0.1, 0.15) is 23.0 Å². The molecule has 0 radical (unpaired) electrons. The SMILES string of the molecule is CC(=O)Nc1cc(N(CCOCCCS(=O)(=O)O)CCOCCCS(=O)(=O)O)ccc1/N=N/c1c(C#N)c(C(C)(C)C)nn1-c1c(Cl)cc(NC(=O)c2ccccc2)cc1Cl. The molecule has 0 unspecified atom stereocenters. The second-order valence-corrected chi connectivity index (χ2v) is 18.5. The van der Waals surface area contributed by atoms with Crippen molar-refractivity contribution in [3.05, 3.63) is 87.5 Å². The lowest BCUT2D eigenvalue weighted by Crippen LogP contribution is -2.31. The molecule has 61 heavy (non-hydrogen) atoms. The van der Waals surface area contributed by atoms with E-state index in [4.69, 9.17) is 46.9 Å². The molecule has 0 aliphatic rings. The van der Waals surface area contributed by atoms with E-state index >= 15 is 0 Å². The summed E-state index contributed by atoms with van der Waals surface area (Å²) in [4.78, 5) is 27.1. The fourth-order valence-electron chi connectivity index (χ4n) is 5.73. The summed E-state index contributed by atoms with van der Waals surface area (Å²) in [5.41, 5.74) is 1.67. The lowest BCUT2D eigenvalue weighted by atomic mass is 9.90. The summed E-state index contributed by atoms with van der Waals surface area (Å²) in [6.07, 6.45) is 0.144. The summed E-state index contributed by atoms with van der Waals surface area (Å²) < 4.78 is 74.8. The number of amides is 2. The van der Waals surface area contributed by atoms with Crippen molar-refractivity contribution < 1.29 is 45.0 Å². The molecule has 22 heteroatoms. The molecule has 0 aliphatic carbocycles. The third-order valence-corrected chi connectivity index (χ3v) is 10.7. The maximum Gasteiger partial charge on any atom is 0.264 e. The average Bonchev–Trinajstić information content (AvgIpc) is 3.53. The summed E-state index contributed by atoms with van der Waals surface area (Å²) in [5, 5.41) is 29.7. The van der Waals surface area contributed by atoms with Crippen LogP contribution in [0.3, 0.4) is 0 Å². The predicted octanol–water partition coefficient (Wildman–Crippen LogP) is 7.37. The highest BCUT2D eigenvalue weighted by Gasteiger charge is 2.30. The zero-order valence-corrected chi connectivity index (χ0v) is 36.9. The molecule has 4 N–H and O–H groups in total. The van der Waals surface area contributed by atoms with E-state index < -0.39 is 43.1 Å². The Balaban J connectivity index is 1.69. The number of hydrogen-bond acceptors (Lipinski definition) is 13. The zero-order chi connectivity index (χ0) is 45.0. The highest BCUT2D eigenvalue weighted by Crippen LogP contribution is 2.40. The molecular formula is C39H46Cl2N8O10S2. The number of anilines is 3. The first kappa shape index (κ1) is 48.7. The molecule has 0 aliphatic heterocycles. The van der Waals surface area contributed by atoms with E-state index in [1.165, 1.54) is 23.7 Å². The molecule has 1 heterocycles. The Labute approximate surface area is 364 Å². The van der Waals surface area contributed by atoms with Crippen LogP contribution in [0.15, 0.2) is 70.9 Å². The molecular weight excluding hydrogens is 876 g/mol. The Bertz CT molecular complexity index is 2420. The van der Waals surface area contributed by atoms with Crippen molar-refractivity contribution in [1.29, 1.82) is 5.26 Å². The zero-order valence-electron chi connectivity index (χ0n) is 33.8. The van der Waals surface area contributed by atoms with Gasteiger partial charge in [0.05, 0.1) is 46.1 Å². The van der Waals surface area contributed by atoms with Crippen molar-refractivity contribution in [3.8, 4) is 11.8 Å². The highest BCUT2D eigenvalue weighted by molar-refractivity contribution is 7.86. The summed E-state index contributed by atoms with van der Waals surface area (Å²) >= 11 is 13.6. The van der Waals surface area contributed by atoms with Crippen LogP contribution >= 0.6 is 23.2 Å². The van der Waals surface area contributed by atoms with Gasteiger partial charge in [-0.05, 0) is 55.3 Å². The molecule has 0 atom stereocenters. The summed E-state index contributed by atoms with van der Waals surface area (Å²) in [6, 6.07) is 18.6. The van der Waals surface area contributed by atoms with Crippen LogP contribution in [0.5, 0.6) is 0 Å². The van der Waals surface area contributed by atoms with Crippen molar-refractivity contribution in [1.82, 2.24) is 9.78 Å². The fourth-order valence-corrected chi connectivity index (χ4v) is 7.34. The third-order valence-electron chi connectivity index (χ3n) is 8.51. The molecule has 3 aromatic carbocycles. The molecule has 18 nitrogen and oxygen atoms in total. The monoisotopic (exact) mass is 920 g/mol. The van der Waals surface area contributed by atoms with E-state index in [1.807, 2.05) is 25.7 Å². The number of carbonyl (C=O) groups excluding carboxylic acids is 2. The Kier molecular flexibility index (Phi) is 17.3. The van der Waals surface area contributed by atoms with Gasteiger partial charge in [0.15, 0.2) is 5.82 Å². The quantitative estimate of drug-likeness (QED) is 0.0362. The minimum atomic E-state index is -4.14. The lowest BCUT2D eigenvalue weighted by Gasteiger charge is -2.25. The molecule has 2 amide bonds. The van der Waals surface area contributed by atoms with E-state index in [-0.39, 0.29) is 96.8 Å². The minimum Gasteiger partial charge on any atom is -0.380 e. The van der Waals surface area contributed by atoms with E-state index in [0.29, 0.717) is 22.6 Å². The Morgan fingerprint density at radius 1 is 0.869 bits per heavy atom. The van der Waals surface area contributed by atoms with Gasteiger partial charge in [-0.25, -0.2) is 4.68 Å². The van der Waals surface area contributed by atoms with Crippen LogP contribution in [0.1, 0.15) is 62.2 Å². The first-order valence-electron chi connectivity index (χ1n) is 18.7. The molecule has 328 valence electrons. The molecule has 0 spiro atoms. The number of ether oxygens (including phenoxy) is 2. The molecule has 0 saturated carbocycles. The van der Waals surface area contributed by atoms with Gasteiger partial charge >= 0.3 is 0 Å². The van der Waals surface area contributed by atoms with Crippen molar-refractivity contribution in [2.24, 2.45) is 10.2 Å². The number of nitriles is 1. The van der Waals surface area contributed by atoms with Gasteiger partial charge in [-0.1, -0.05) is 62.2 Å². The van der Waals surface area contributed by atoms with Gasteiger partial charge in [-0.2, -0.15) is 27.2 Å². The number of halogens is 2. The van der Waals surface area contributed by atoms with E-state index in [9.17, 15) is 31.7 Å². The van der Waals surface area contributed by atoms with Crippen molar-refractivity contribution >= 4 is 83.8 Å². The number of nitrogens with one attached hydrogen (secondary N) is 2. The van der Waals surface area contributed by atoms with Crippen LogP contribution in [0.25, 0.3) is 5.69 Å². The Morgan fingerprint density at radius 3 is 1.95 bits per heavy atom. The highest BCUT2D eigenvalue weighted by atomic mass is 35.5. The summed E-state index contributed by atoms with van der Waals surface area (Å²) in [7, 11) is -8.28. The Morgan fingerprint density at radius 2 is 1.44 bits per heavy atom. The van der Waals surface area contributed by atoms with E-state index in [2.05, 4.69) is 26.9 Å². The normalized spacial score (nSPS) is 12.0. The smallest absolute Gasteiger partial charge is 0.264 e. The number of nitrogens with zero attached hydrogens (tertiary/aromatic N) is 6. The number of rotatable bonds is 21. The van der Waals surface area contributed by atoms with Gasteiger partial charge in [0.2, 0.25) is 5.91 Å². The number of hydrogen-bond donors (Lipinski definition) is 4. The second kappa shape index (κ2) is 21.7. The van der Waals surface area contributed by atoms with Crippen LogP contribution in [0.4, 0.5) is 28.6 Å². The average molecular weight is 922 g/mol. The van der Waals surface area contributed by atoms with Gasteiger partial charge in [-0.3, -0.25) is 18.7 Å². The van der Waals surface area contributed by atoms with Gasteiger partial charge in [0.25, 0.3) is 26.1 Å². The lowest BCUT2D eigenvalue weighted by molar-refractivity contribution is -0.114. The molecule has 0 bridgehead atoms. The van der Waals surface area contributed by atoms with Crippen LogP contribution in [-0.4, -0.2) is 98.6 Å². The van der Waals surface area contributed by atoms with E-state index in [0.717, 1.165) is 0 Å².